The summed E-state index contributed by atoms with van der Waals surface area (Å²) in [5.74, 6) is 0.780. The van der Waals surface area contributed by atoms with Gasteiger partial charge >= 0.3 is 0 Å². The Morgan fingerprint density at radius 1 is 1.09 bits per heavy atom. The second kappa shape index (κ2) is 14.5. The molecule has 1 unspecified atom stereocenters. The van der Waals surface area contributed by atoms with E-state index in [0.29, 0.717) is 41.7 Å². The maximum atomic E-state index is 13.2. The van der Waals surface area contributed by atoms with Gasteiger partial charge in [0.05, 0.1) is 5.75 Å². The van der Waals surface area contributed by atoms with Crippen LogP contribution in [0.3, 0.4) is 0 Å². The van der Waals surface area contributed by atoms with Crippen molar-refractivity contribution in [3.8, 4) is 0 Å². The van der Waals surface area contributed by atoms with E-state index < -0.39 is 6.04 Å². The number of nitrogens with zero attached hydrogens (tertiary/aromatic N) is 1. The molecule has 1 N–H and O–H groups in total. The number of hydrogen-bond donors (Lipinski definition) is 1. The van der Waals surface area contributed by atoms with Crippen LogP contribution in [0.15, 0.2) is 48.5 Å². The van der Waals surface area contributed by atoms with Crippen molar-refractivity contribution in [1.82, 2.24) is 10.2 Å². The van der Waals surface area contributed by atoms with E-state index in [-0.39, 0.29) is 17.6 Å². The lowest BCUT2D eigenvalue weighted by Crippen LogP contribution is -2.50. The molecule has 0 spiro atoms. The zero-order chi connectivity index (χ0) is 23.3. The molecule has 0 fully saturated rings. The molecule has 32 heavy (non-hydrogen) atoms. The average Bonchev–Trinajstić information content (AvgIpc) is 2.78. The Morgan fingerprint density at radius 2 is 1.84 bits per heavy atom. The fourth-order valence-electron chi connectivity index (χ4n) is 3.37. The maximum absolute atomic E-state index is 13.2. The van der Waals surface area contributed by atoms with Crippen molar-refractivity contribution in [2.75, 3.05) is 18.8 Å². The van der Waals surface area contributed by atoms with E-state index >= 15 is 0 Å². The highest BCUT2D eigenvalue weighted by Crippen LogP contribution is 2.25. The molecule has 0 aromatic heterocycles. The quantitative estimate of drug-likeness (QED) is 0.347. The van der Waals surface area contributed by atoms with Gasteiger partial charge in [-0.1, -0.05) is 79.9 Å². The monoisotopic (exact) mass is 494 g/mol. The second-order valence-corrected chi connectivity index (χ2v) is 9.45. The van der Waals surface area contributed by atoms with Crippen LogP contribution in [0.4, 0.5) is 0 Å². The minimum absolute atomic E-state index is 0.0338. The van der Waals surface area contributed by atoms with Gasteiger partial charge in [0, 0.05) is 28.9 Å². The van der Waals surface area contributed by atoms with E-state index in [1.165, 1.54) is 11.8 Å². The molecule has 0 saturated heterocycles. The third-order valence-electron chi connectivity index (χ3n) is 5.20. The number of unbranched alkanes of at least 4 members (excludes halogenated alkanes) is 1. The predicted octanol–water partition coefficient (Wildman–Crippen LogP) is 5.99. The van der Waals surface area contributed by atoms with Gasteiger partial charge in [0.2, 0.25) is 11.8 Å². The number of rotatable bonds is 13. The van der Waals surface area contributed by atoms with E-state index in [1.807, 2.05) is 43.3 Å². The van der Waals surface area contributed by atoms with E-state index in [2.05, 4.69) is 12.2 Å². The summed E-state index contributed by atoms with van der Waals surface area (Å²) in [6, 6.07) is 15.0. The van der Waals surface area contributed by atoms with E-state index in [0.717, 1.165) is 24.0 Å². The molecule has 2 aromatic rings. The van der Waals surface area contributed by atoms with Crippen molar-refractivity contribution in [3.05, 3.63) is 69.7 Å². The molecule has 2 rings (SSSR count). The number of carbonyl (C=O) groups is 2. The third kappa shape index (κ3) is 8.68. The van der Waals surface area contributed by atoms with Crippen molar-refractivity contribution < 1.29 is 9.59 Å². The first kappa shape index (κ1) is 26.6. The molecule has 0 aliphatic carbocycles. The summed E-state index contributed by atoms with van der Waals surface area (Å²) in [5.41, 5.74) is 2.08. The van der Waals surface area contributed by atoms with E-state index in [1.54, 1.807) is 17.0 Å². The van der Waals surface area contributed by atoms with Crippen molar-refractivity contribution in [2.45, 2.75) is 51.3 Å². The van der Waals surface area contributed by atoms with Crippen molar-refractivity contribution in [2.24, 2.45) is 0 Å². The molecule has 174 valence electrons. The van der Waals surface area contributed by atoms with Crippen LogP contribution >= 0.6 is 35.0 Å². The van der Waals surface area contributed by atoms with E-state index in [4.69, 9.17) is 23.2 Å². The van der Waals surface area contributed by atoms with Crippen LogP contribution in [0, 0.1) is 0 Å². The zero-order valence-electron chi connectivity index (χ0n) is 18.8. The van der Waals surface area contributed by atoms with Gasteiger partial charge < -0.3 is 10.2 Å². The first-order valence-electron chi connectivity index (χ1n) is 11.1. The molecule has 0 aliphatic heterocycles. The average molecular weight is 496 g/mol. The third-order valence-corrected chi connectivity index (χ3v) is 6.75. The van der Waals surface area contributed by atoms with Gasteiger partial charge in [0.15, 0.2) is 0 Å². The lowest BCUT2D eigenvalue weighted by atomic mass is 10.1. The Hall–Kier alpha value is -1.69. The summed E-state index contributed by atoms with van der Waals surface area (Å²) in [5, 5.41) is 4.18. The van der Waals surface area contributed by atoms with Crippen molar-refractivity contribution in [3.63, 3.8) is 0 Å². The van der Waals surface area contributed by atoms with Crippen LogP contribution in [0.5, 0.6) is 0 Å². The highest BCUT2D eigenvalue weighted by atomic mass is 35.5. The Bertz CT molecular complexity index is 864. The van der Waals surface area contributed by atoms with Crippen LogP contribution in [0.25, 0.3) is 0 Å². The largest absolute Gasteiger partial charge is 0.354 e. The summed E-state index contributed by atoms with van der Waals surface area (Å²) in [7, 11) is 0. The molecule has 2 amide bonds. The molecular formula is C25H32Cl2N2O2S. The lowest BCUT2D eigenvalue weighted by molar-refractivity contribution is -0.138. The van der Waals surface area contributed by atoms with Crippen LogP contribution in [0.2, 0.25) is 10.0 Å². The fourth-order valence-corrected chi connectivity index (χ4v) is 4.84. The smallest absolute Gasteiger partial charge is 0.242 e. The lowest BCUT2D eigenvalue weighted by Gasteiger charge is -2.30. The standard InChI is InChI=1S/C25H32Cl2N2O2S/c1-3-5-14-28-25(31)23(4-2)29(15-13-19-9-7-6-8-10-19)24(30)18-32-17-20-11-12-21(26)16-22(20)27/h6-12,16,23H,3-5,13-15,17-18H2,1-2H3,(H,28,31). The minimum atomic E-state index is -0.470. The van der Waals surface area contributed by atoms with Gasteiger partial charge in [-0.2, -0.15) is 0 Å². The molecule has 4 nitrogen and oxygen atoms in total. The molecule has 0 saturated carbocycles. The van der Waals surface area contributed by atoms with Crippen LogP contribution in [0.1, 0.15) is 44.2 Å². The molecule has 2 aromatic carbocycles. The highest BCUT2D eigenvalue weighted by Gasteiger charge is 2.27. The van der Waals surface area contributed by atoms with Gasteiger partial charge in [-0.15, -0.1) is 11.8 Å². The van der Waals surface area contributed by atoms with Gasteiger partial charge in [-0.25, -0.2) is 0 Å². The normalized spacial score (nSPS) is 11.8. The number of amides is 2. The first-order chi connectivity index (χ1) is 15.5. The number of nitrogens with one attached hydrogen (secondary N) is 1. The summed E-state index contributed by atoms with van der Waals surface area (Å²) in [4.78, 5) is 27.8. The van der Waals surface area contributed by atoms with Gasteiger partial charge in [-0.05, 0) is 42.5 Å². The second-order valence-electron chi connectivity index (χ2n) is 7.62. The SMILES string of the molecule is CCCCNC(=O)C(CC)N(CCc1ccccc1)C(=O)CSCc1ccc(Cl)cc1Cl. The Labute approximate surface area is 206 Å². The number of benzene rings is 2. The molecule has 7 heteroatoms. The molecule has 1 atom stereocenters. The van der Waals surface area contributed by atoms with Crippen molar-refractivity contribution >= 4 is 46.8 Å². The fraction of sp³-hybridized carbons (Fsp3) is 0.440. The number of halogens is 2. The number of thioether (sulfide) groups is 1. The summed E-state index contributed by atoms with van der Waals surface area (Å²) in [6.45, 7) is 5.18. The van der Waals surface area contributed by atoms with Gasteiger partial charge in [0.25, 0.3) is 0 Å². The Balaban J connectivity index is 2.05. The minimum Gasteiger partial charge on any atom is -0.354 e. The molecule has 0 aliphatic rings. The molecular weight excluding hydrogens is 463 g/mol. The summed E-state index contributed by atoms with van der Waals surface area (Å²) < 4.78 is 0. The predicted molar refractivity (Wildman–Crippen MR) is 136 cm³/mol. The van der Waals surface area contributed by atoms with Crippen LogP contribution in [-0.2, 0) is 21.8 Å². The topological polar surface area (TPSA) is 49.4 Å². The molecule has 0 heterocycles. The van der Waals surface area contributed by atoms with Gasteiger partial charge in [0.1, 0.15) is 6.04 Å². The van der Waals surface area contributed by atoms with Crippen molar-refractivity contribution in [1.29, 1.82) is 0 Å². The highest BCUT2D eigenvalue weighted by molar-refractivity contribution is 7.99. The Morgan fingerprint density at radius 3 is 2.50 bits per heavy atom. The molecule has 0 radical (unpaired) electrons. The Kier molecular flexibility index (Phi) is 12.0. The van der Waals surface area contributed by atoms with E-state index in [9.17, 15) is 9.59 Å². The maximum Gasteiger partial charge on any atom is 0.242 e. The number of carbonyl (C=O) groups excluding carboxylic acids is 2. The first-order valence-corrected chi connectivity index (χ1v) is 13.0. The summed E-state index contributed by atoms with van der Waals surface area (Å²) >= 11 is 13.7. The number of hydrogen-bond acceptors (Lipinski definition) is 3. The molecule has 0 bridgehead atoms. The zero-order valence-corrected chi connectivity index (χ0v) is 21.1. The van der Waals surface area contributed by atoms with Gasteiger partial charge in [-0.3, -0.25) is 9.59 Å². The van der Waals surface area contributed by atoms with Crippen LogP contribution in [-0.4, -0.2) is 41.6 Å². The summed E-state index contributed by atoms with van der Waals surface area (Å²) in [6.07, 6.45) is 3.22. The van der Waals surface area contributed by atoms with Crippen LogP contribution < -0.4 is 5.32 Å².